The summed E-state index contributed by atoms with van der Waals surface area (Å²) in [5.41, 5.74) is 12.8. The highest BCUT2D eigenvalue weighted by atomic mass is 16.7. The lowest BCUT2D eigenvalue weighted by Crippen LogP contribution is -2.52. The Morgan fingerprint density at radius 3 is 2.69 bits per heavy atom. The number of ether oxygens (including phenoxy) is 3. The largest absolute Gasteiger partial charge is 0.507 e. The SMILES string of the molecule is CNC[C@@H]1CC[C@@]2(O[C@@H]2CCc2cc(N)nc(-c3ccnc(N)c3)c2)C(=O)O[C@@H]2[C@@H](C1)c1c(cc3oc(C)cc(=O)c3c1O)OC2(C)C. The van der Waals surface area contributed by atoms with Crippen molar-refractivity contribution in [2.45, 2.75) is 82.2 Å². The average Bonchev–Trinajstić information content (AvgIpc) is 3.72. The molecule has 7 rings (SSSR count). The van der Waals surface area contributed by atoms with Gasteiger partial charge in [0.15, 0.2) is 11.0 Å². The van der Waals surface area contributed by atoms with Gasteiger partial charge in [-0.2, -0.15) is 0 Å². The minimum Gasteiger partial charge on any atom is -0.507 e. The number of phenolic OH excluding ortho intramolecular Hbond substituents is 1. The van der Waals surface area contributed by atoms with E-state index in [1.165, 1.54) is 6.07 Å². The van der Waals surface area contributed by atoms with E-state index in [9.17, 15) is 14.7 Å². The fourth-order valence-corrected chi connectivity index (χ4v) is 7.71. The molecule has 1 aromatic carbocycles. The maximum Gasteiger partial charge on any atom is 0.341 e. The Balaban J connectivity index is 1.18. The number of fused-ring (bicyclic) bond motifs is 4. The number of benzene rings is 1. The molecule has 0 aliphatic carbocycles. The van der Waals surface area contributed by atoms with Crippen molar-refractivity contribution in [2.24, 2.45) is 5.92 Å². The van der Waals surface area contributed by atoms with Crippen molar-refractivity contribution in [3.05, 3.63) is 69.7 Å². The second-order valence-electron chi connectivity index (χ2n) is 13.9. The number of nitrogens with one attached hydrogen (secondary N) is 1. The number of anilines is 2. The van der Waals surface area contributed by atoms with Crippen LogP contribution in [0.25, 0.3) is 22.2 Å². The number of carbonyl (C=O) groups is 1. The third kappa shape index (κ3) is 5.62. The highest BCUT2D eigenvalue weighted by Gasteiger charge is 2.65. The zero-order valence-corrected chi connectivity index (χ0v) is 27.5. The zero-order chi connectivity index (χ0) is 34.0. The Hall–Kier alpha value is -4.68. The number of esters is 1. The summed E-state index contributed by atoms with van der Waals surface area (Å²) < 4.78 is 24.9. The van der Waals surface area contributed by atoms with Gasteiger partial charge in [0.25, 0.3) is 0 Å². The number of nitrogen functional groups attached to an aromatic ring is 2. The van der Waals surface area contributed by atoms with Gasteiger partial charge in [0.2, 0.25) is 0 Å². The van der Waals surface area contributed by atoms with E-state index in [1.807, 2.05) is 39.1 Å². The molecule has 2 fully saturated rings. The molecule has 4 aromatic rings. The van der Waals surface area contributed by atoms with E-state index in [-0.39, 0.29) is 34.2 Å². The van der Waals surface area contributed by atoms with E-state index in [2.05, 4.69) is 15.3 Å². The van der Waals surface area contributed by atoms with Gasteiger partial charge in [-0.25, -0.2) is 14.8 Å². The number of pyridine rings is 2. The zero-order valence-electron chi connectivity index (χ0n) is 27.5. The summed E-state index contributed by atoms with van der Waals surface area (Å²) in [7, 11) is 1.90. The van der Waals surface area contributed by atoms with E-state index in [1.54, 1.807) is 25.3 Å². The van der Waals surface area contributed by atoms with Crippen LogP contribution < -0.4 is 26.9 Å². The quantitative estimate of drug-likeness (QED) is 0.170. The molecule has 6 heterocycles. The van der Waals surface area contributed by atoms with Crippen molar-refractivity contribution in [3.8, 4) is 22.8 Å². The van der Waals surface area contributed by atoms with E-state index in [0.717, 1.165) is 11.1 Å². The molecule has 5 atom stereocenters. The molecule has 0 radical (unpaired) electrons. The van der Waals surface area contributed by atoms with Crippen molar-refractivity contribution < 1.29 is 28.5 Å². The lowest BCUT2D eigenvalue weighted by atomic mass is 9.75. The van der Waals surface area contributed by atoms with Crippen molar-refractivity contribution in [3.63, 3.8) is 0 Å². The molecule has 12 nitrogen and oxygen atoms in total. The molecule has 3 aromatic heterocycles. The van der Waals surface area contributed by atoms with Crippen LogP contribution in [-0.4, -0.2) is 58.0 Å². The van der Waals surface area contributed by atoms with Gasteiger partial charge >= 0.3 is 5.97 Å². The molecule has 12 heteroatoms. The van der Waals surface area contributed by atoms with E-state index < -0.39 is 29.2 Å². The number of epoxide rings is 1. The topological polar surface area (TPSA) is 188 Å². The molecule has 0 saturated carbocycles. The molecule has 0 bridgehead atoms. The molecular formula is C36H41N5O7. The normalized spacial score (nSPS) is 26.0. The number of nitrogens with two attached hydrogens (primary N) is 2. The number of aryl methyl sites for hydroxylation is 2. The van der Waals surface area contributed by atoms with Gasteiger partial charge in [-0.05, 0) is 102 Å². The van der Waals surface area contributed by atoms with Gasteiger partial charge in [0, 0.05) is 35.4 Å². The Kier molecular flexibility index (Phi) is 7.83. The van der Waals surface area contributed by atoms with Crippen molar-refractivity contribution in [1.82, 2.24) is 15.3 Å². The van der Waals surface area contributed by atoms with Gasteiger partial charge in [-0.3, -0.25) is 4.79 Å². The minimum atomic E-state index is -1.10. The monoisotopic (exact) mass is 655 g/mol. The van der Waals surface area contributed by atoms with Gasteiger partial charge in [-0.15, -0.1) is 0 Å². The van der Waals surface area contributed by atoms with E-state index >= 15 is 0 Å². The van der Waals surface area contributed by atoms with Gasteiger partial charge in [0.1, 0.15) is 51.6 Å². The van der Waals surface area contributed by atoms with Gasteiger partial charge in [0.05, 0.1) is 11.8 Å². The number of rotatable bonds is 6. The minimum absolute atomic E-state index is 0.0899. The summed E-state index contributed by atoms with van der Waals surface area (Å²) in [4.78, 5) is 35.7. The Morgan fingerprint density at radius 1 is 1.10 bits per heavy atom. The fraction of sp³-hybridized carbons (Fsp3) is 0.444. The van der Waals surface area contributed by atoms with Crippen LogP contribution in [0.15, 0.2) is 51.8 Å². The van der Waals surface area contributed by atoms with Crippen LogP contribution in [-0.2, 0) is 20.7 Å². The second-order valence-corrected chi connectivity index (χ2v) is 13.9. The predicted octanol–water partition coefficient (Wildman–Crippen LogP) is 4.38. The molecule has 48 heavy (non-hydrogen) atoms. The predicted molar refractivity (Wildman–Crippen MR) is 180 cm³/mol. The Morgan fingerprint density at radius 2 is 1.92 bits per heavy atom. The number of carbonyl (C=O) groups excluding carboxylic acids is 1. The van der Waals surface area contributed by atoms with Crippen LogP contribution in [0.4, 0.5) is 11.6 Å². The summed E-state index contributed by atoms with van der Waals surface area (Å²) in [6.45, 7) is 6.12. The van der Waals surface area contributed by atoms with Crippen LogP contribution >= 0.6 is 0 Å². The molecule has 2 saturated heterocycles. The third-order valence-corrected chi connectivity index (χ3v) is 9.99. The van der Waals surface area contributed by atoms with Gasteiger partial charge < -0.3 is 40.5 Å². The van der Waals surface area contributed by atoms with Crippen LogP contribution in [0.3, 0.4) is 0 Å². The number of nitrogens with zero attached hydrogens (tertiary/aromatic N) is 2. The number of aromatic hydroxyl groups is 1. The molecule has 1 spiro atoms. The molecule has 252 valence electrons. The maximum atomic E-state index is 14.2. The number of aromatic nitrogens is 2. The standard InChI is InChI=1S/C36H41N5O7/c1-18-11-24(42)31-25(45-18)16-26-30(32(31)43)22-12-20(17-39-4)7-9-36(34(44)46-33(22)35(2,3)47-26)27(48-36)6-5-19-13-23(41-29(38)14-19)21-8-10-40-28(37)15-21/h8,10-11,13-16,20,22,27,33,39,43H,5-7,9,12,17H2,1-4H3,(H2,37,40)(H2,38,41)/t20-,22+,27-,33-,36+/m1/s1. The molecule has 0 unspecified atom stereocenters. The lowest BCUT2D eigenvalue weighted by Gasteiger charge is -2.45. The Bertz CT molecular complexity index is 1980. The van der Waals surface area contributed by atoms with Crippen LogP contribution in [0.5, 0.6) is 11.5 Å². The average molecular weight is 656 g/mol. The first-order valence-electron chi connectivity index (χ1n) is 16.4. The lowest BCUT2D eigenvalue weighted by molar-refractivity contribution is -0.170. The summed E-state index contributed by atoms with van der Waals surface area (Å²) in [5, 5.41) is 15.0. The highest BCUT2D eigenvalue weighted by molar-refractivity contribution is 5.88. The first kappa shape index (κ1) is 31.9. The smallest absolute Gasteiger partial charge is 0.341 e. The number of hydrogen-bond acceptors (Lipinski definition) is 12. The van der Waals surface area contributed by atoms with Crippen molar-refractivity contribution in [2.75, 3.05) is 25.1 Å². The summed E-state index contributed by atoms with van der Waals surface area (Å²) >= 11 is 0. The van der Waals surface area contributed by atoms with E-state index in [0.29, 0.717) is 73.1 Å². The maximum absolute atomic E-state index is 14.2. The van der Waals surface area contributed by atoms with Crippen molar-refractivity contribution >= 4 is 28.6 Å². The Labute approximate surface area is 277 Å². The molecule has 3 aliphatic heterocycles. The third-order valence-electron chi connectivity index (χ3n) is 9.99. The first-order valence-corrected chi connectivity index (χ1v) is 16.4. The first-order chi connectivity index (χ1) is 22.9. The molecule has 6 N–H and O–H groups in total. The summed E-state index contributed by atoms with van der Waals surface area (Å²) in [5.74, 6) is 0.662. The summed E-state index contributed by atoms with van der Waals surface area (Å²) in [6, 6.07) is 10.4. The molecule has 3 aliphatic rings. The number of phenols is 1. The fourth-order valence-electron chi connectivity index (χ4n) is 7.71. The van der Waals surface area contributed by atoms with Crippen LogP contribution in [0, 0.1) is 12.8 Å². The van der Waals surface area contributed by atoms with E-state index in [4.69, 9.17) is 30.1 Å². The molecule has 0 amide bonds. The second kappa shape index (κ2) is 11.8. The number of hydrogen-bond donors (Lipinski definition) is 4. The van der Waals surface area contributed by atoms with Gasteiger partial charge in [-0.1, -0.05) is 0 Å². The van der Waals surface area contributed by atoms with Crippen LogP contribution in [0.2, 0.25) is 0 Å². The molecular weight excluding hydrogens is 614 g/mol. The van der Waals surface area contributed by atoms with Crippen molar-refractivity contribution in [1.29, 1.82) is 0 Å². The summed E-state index contributed by atoms with van der Waals surface area (Å²) in [6.07, 6.45) is 3.48. The van der Waals surface area contributed by atoms with Crippen LogP contribution in [0.1, 0.15) is 62.3 Å². The highest BCUT2D eigenvalue weighted by Crippen LogP contribution is 2.54.